The molecular formula is C15H16BrNO2S. The summed E-state index contributed by atoms with van der Waals surface area (Å²) in [7, 11) is 0. The zero-order valence-electron chi connectivity index (χ0n) is 10.9. The van der Waals surface area contributed by atoms with Crippen molar-refractivity contribution in [3.05, 3.63) is 50.6 Å². The number of ether oxygens (including phenoxy) is 1. The highest BCUT2D eigenvalue weighted by Gasteiger charge is 2.22. The third kappa shape index (κ3) is 3.06. The molecule has 2 heterocycles. The summed E-state index contributed by atoms with van der Waals surface area (Å²) in [5, 5.41) is 17.6. The van der Waals surface area contributed by atoms with Crippen LogP contribution in [0.1, 0.15) is 29.7 Å². The van der Waals surface area contributed by atoms with Gasteiger partial charge in [0.1, 0.15) is 5.75 Å². The zero-order chi connectivity index (χ0) is 13.9. The maximum absolute atomic E-state index is 10.1. The van der Waals surface area contributed by atoms with E-state index in [4.69, 9.17) is 4.74 Å². The predicted octanol–water partition coefficient (Wildman–Crippen LogP) is 3.66. The summed E-state index contributed by atoms with van der Waals surface area (Å²) in [6.45, 7) is 1.26. The fraction of sp³-hybridized carbons (Fsp3) is 0.333. The number of benzene rings is 1. The predicted molar refractivity (Wildman–Crippen MR) is 84.3 cm³/mol. The van der Waals surface area contributed by atoms with E-state index in [1.807, 2.05) is 29.0 Å². The summed E-state index contributed by atoms with van der Waals surface area (Å²) in [4.78, 5) is 0. The van der Waals surface area contributed by atoms with Crippen LogP contribution >= 0.6 is 27.3 Å². The highest BCUT2D eigenvalue weighted by molar-refractivity contribution is 9.10. The lowest BCUT2D eigenvalue weighted by Gasteiger charge is -2.27. The van der Waals surface area contributed by atoms with Gasteiger partial charge in [-0.15, -0.1) is 0 Å². The Morgan fingerprint density at radius 1 is 1.45 bits per heavy atom. The molecule has 5 heteroatoms. The van der Waals surface area contributed by atoms with Gasteiger partial charge in [-0.1, -0.05) is 15.9 Å². The van der Waals surface area contributed by atoms with Gasteiger partial charge in [0.15, 0.2) is 0 Å². The average Bonchev–Trinajstić information content (AvgIpc) is 2.99. The van der Waals surface area contributed by atoms with Crippen LogP contribution in [0.25, 0.3) is 0 Å². The number of hydrogen-bond acceptors (Lipinski definition) is 4. The Labute approximate surface area is 130 Å². The summed E-state index contributed by atoms with van der Waals surface area (Å²) in [6.07, 6.45) is 0.458. The molecule has 2 N–H and O–H groups in total. The Bertz CT molecular complexity index is 573. The summed E-state index contributed by atoms with van der Waals surface area (Å²) >= 11 is 5.10. The molecular weight excluding hydrogens is 338 g/mol. The molecule has 0 radical (unpaired) electrons. The van der Waals surface area contributed by atoms with Gasteiger partial charge in [0.2, 0.25) is 0 Å². The van der Waals surface area contributed by atoms with Gasteiger partial charge in [-0.05, 0) is 40.6 Å². The van der Waals surface area contributed by atoms with Crippen molar-refractivity contribution >= 4 is 27.3 Å². The van der Waals surface area contributed by atoms with E-state index in [-0.39, 0.29) is 6.04 Å². The van der Waals surface area contributed by atoms with E-state index in [0.29, 0.717) is 13.2 Å². The molecule has 1 aromatic carbocycles. The Kier molecular flexibility index (Phi) is 4.41. The minimum Gasteiger partial charge on any atom is -0.493 e. The molecule has 0 saturated carbocycles. The molecule has 3 nitrogen and oxygen atoms in total. The van der Waals surface area contributed by atoms with E-state index in [1.165, 1.54) is 0 Å². The van der Waals surface area contributed by atoms with Gasteiger partial charge >= 0.3 is 0 Å². The molecule has 1 aliphatic heterocycles. The van der Waals surface area contributed by atoms with E-state index in [1.54, 1.807) is 11.3 Å². The van der Waals surface area contributed by atoms with Crippen molar-refractivity contribution in [1.29, 1.82) is 0 Å². The number of halogens is 1. The van der Waals surface area contributed by atoms with Gasteiger partial charge in [0.25, 0.3) is 0 Å². The first-order valence-corrected chi connectivity index (χ1v) is 8.33. The van der Waals surface area contributed by atoms with Crippen LogP contribution in [-0.4, -0.2) is 18.3 Å². The van der Waals surface area contributed by atoms with Crippen LogP contribution in [0.2, 0.25) is 0 Å². The summed E-state index contributed by atoms with van der Waals surface area (Å²) in [5.41, 5.74) is 2.13. The van der Waals surface area contributed by atoms with Crippen molar-refractivity contribution in [3.8, 4) is 5.75 Å². The average molecular weight is 354 g/mol. The summed E-state index contributed by atoms with van der Waals surface area (Å²) in [5.74, 6) is 0.932. The number of nitrogens with one attached hydrogen (secondary N) is 1. The first-order valence-electron chi connectivity index (χ1n) is 6.60. The molecule has 2 aromatic rings. The molecule has 106 valence electrons. The maximum Gasteiger partial charge on any atom is 0.124 e. The molecule has 1 aromatic heterocycles. The fourth-order valence-corrected chi connectivity index (χ4v) is 3.50. The van der Waals surface area contributed by atoms with Gasteiger partial charge in [-0.25, -0.2) is 0 Å². The Balaban J connectivity index is 1.69. The molecule has 0 aliphatic carbocycles. The first-order chi connectivity index (χ1) is 9.74. The number of aliphatic hydroxyl groups is 1. The van der Waals surface area contributed by atoms with E-state index < -0.39 is 6.10 Å². The van der Waals surface area contributed by atoms with E-state index in [0.717, 1.165) is 27.8 Å². The summed E-state index contributed by atoms with van der Waals surface area (Å²) < 4.78 is 6.71. The minimum atomic E-state index is -0.459. The van der Waals surface area contributed by atoms with Crippen molar-refractivity contribution in [1.82, 2.24) is 5.32 Å². The topological polar surface area (TPSA) is 41.5 Å². The van der Waals surface area contributed by atoms with E-state index in [9.17, 15) is 5.11 Å². The van der Waals surface area contributed by atoms with Crippen LogP contribution in [0.15, 0.2) is 39.5 Å². The Morgan fingerprint density at radius 2 is 2.35 bits per heavy atom. The Morgan fingerprint density at radius 3 is 3.15 bits per heavy atom. The Hall–Kier alpha value is -0.880. The SMILES string of the molecule is OC(CNC1CCOc2ccc(Br)cc21)c1ccsc1. The second kappa shape index (κ2) is 6.26. The quantitative estimate of drug-likeness (QED) is 0.881. The number of hydrogen-bond donors (Lipinski definition) is 2. The van der Waals surface area contributed by atoms with Crippen molar-refractivity contribution < 1.29 is 9.84 Å². The van der Waals surface area contributed by atoms with Crippen LogP contribution in [0.5, 0.6) is 5.75 Å². The third-order valence-corrected chi connectivity index (χ3v) is 4.69. The van der Waals surface area contributed by atoms with Crippen LogP contribution in [0.3, 0.4) is 0 Å². The maximum atomic E-state index is 10.1. The highest BCUT2D eigenvalue weighted by atomic mass is 79.9. The molecule has 0 amide bonds. The molecule has 0 saturated heterocycles. The van der Waals surface area contributed by atoms with Crippen molar-refractivity contribution in [2.75, 3.05) is 13.2 Å². The fourth-order valence-electron chi connectivity index (χ4n) is 2.41. The lowest BCUT2D eigenvalue weighted by Crippen LogP contribution is -2.30. The number of thiophene rings is 1. The lowest BCUT2D eigenvalue weighted by molar-refractivity contribution is 0.163. The van der Waals surface area contributed by atoms with Gasteiger partial charge in [0.05, 0.1) is 12.7 Å². The zero-order valence-corrected chi connectivity index (χ0v) is 13.3. The third-order valence-electron chi connectivity index (χ3n) is 3.50. The molecule has 20 heavy (non-hydrogen) atoms. The van der Waals surface area contributed by atoms with E-state index in [2.05, 4.69) is 27.3 Å². The second-order valence-electron chi connectivity index (χ2n) is 4.85. The first kappa shape index (κ1) is 14.1. The van der Waals surface area contributed by atoms with Gasteiger partial charge in [0, 0.05) is 29.0 Å². The van der Waals surface area contributed by atoms with Gasteiger partial charge < -0.3 is 15.2 Å². The van der Waals surface area contributed by atoms with E-state index >= 15 is 0 Å². The van der Waals surface area contributed by atoms with Crippen LogP contribution < -0.4 is 10.1 Å². The molecule has 0 spiro atoms. The molecule has 1 aliphatic rings. The molecule has 0 fully saturated rings. The monoisotopic (exact) mass is 353 g/mol. The normalized spacial score (nSPS) is 19.2. The minimum absolute atomic E-state index is 0.226. The van der Waals surface area contributed by atoms with Crippen LogP contribution in [0, 0.1) is 0 Å². The lowest BCUT2D eigenvalue weighted by atomic mass is 10.00. The molecule has 3 rings (SSSR count). The van der Waals surface area contributed by atoms with Crippen LogP contribution in [-0.2, 0) is 0 Å². The standard InChI is InChI=1S/C15H16BrNO2S/c16-11-1-2-15-12(7-11)13(3-5-19-15)17-8-14(18)10-4-6-20-9-10/h1-2,4,6-7,9,13-14,17-18H,3,5,8H2. The molecule has 0 bridgehead atoms. The molecule has 2 atom stereocenters. The number of rotatable bonds is 4. The molecule has 2 unspecified atom stereocenters. The largest absolute Gasteiger partial charge is 0.493 e. The smallest absolute Gasteiger partial charge is 0.124 e. The van der Waals surface area contributed by atoms with Crippen molar-refractivity contribution in [3.63, 3.8) is 0 Å². The summed E-state index contributed by atoms with van der Waals surface area (Å²) in [6, 6.07) is 8.25. The van der Waals surface area contributed by atoms with Gasteiger partial charge in [-0.2, -0.15) is 11.3 Å². The second-order valence-corrected chi connectivity index (χ2v) is 6.55. The highest BCUT2D eigenvalue weighted by Crippen LogP contribution is 2.34. The number of fused-ring (bicyclic) bond motifs is 1. The van der Waals surface area contributed by atoms with Gasteiger partial charge in [-0.3, -0.25) is 0 Å². The van der Waals surface area contributed by atoms with Crippen molar-refractivity contribution in [2.24, 2.45) is 0 Å². The van der Waals surface area contributed by atoms with Crippen LogP contribution in [0.4, 0.5) is 0 Å². The van der Waals surface area contributed by atoms with Crippen molar-refractivity contribution in [2.45, 2.75) is 18.6 Å². The number of aliphatic hydroxyl groups excluding tert-OH is 1.